The van der Waals surface area contributed by atoms with Gasteiger partial charge in [-0.1, -0.05) is 6.92 Å². The van der Waals surface area contributed by atoms with Crippen LogP contribution in [-0.4, -0.2) is 38.1 Å². The van der Waals surface area contributed by atoms with Crippen LogP contribution in [0.5, 0.6) is 0 Å². The third-order valence-corrected chi connectivity index (χ3v) is 2.86. The Morgan fingerprint density at radius 3 is 2.65 bits per heavy atom. The number of ether oxygens (including phenoxy) is 1. The number of hydrogen-bond donors (Lipinski definition) is 3. The SMILES string of the molecule is CC[C@H]1O[C@@H](n2ccc(=O)[nH]c2=O)[C@@H](O)C1O. The Morgan fingerprint density at radius 1 is 1.41 bits per heavy atom. The molecular formula is C10H14N2O5. The molecule has 0 bridgehead atoms. The van der Waals surface area contributed by atoms with E-state index in [1.165, 1.54) is 6.20 Å². The van der Waals surface area contributed by atoms with E-state index in [2.05, 4.69) is 4.98 Å². The van der Waals surface area contributed by atoms with Gasteiger partial charge in [0.15, 0.2) is 6.23 Å². The lowest BCUT2D eigenvalue weighted by molar-refractivity contribution is -0.0405. The summed E-state index contributed by atoms with van der Waals surface area (Å²) in [5.74, 6) is 0. The highest BCUT2D eigenvalue weighted by atomic mass is 16.6. The molecule has 7 heteroatoms. The summed E-state index contributed by atoms with van der Waals surface area (Å²) in [7, 11) is 0. The van der Waals surface area contributed by atoms with Crippen LogP contribution in [0.15, 0.2) is 21.9 Å². The fraction of sp³-hybridized carbons (Fsp3) is 0.600. The van der Waals surface area contributed by atoms with Gasteiger partial charge in [-0.15, -0.1) is 0 Å². The van der Waals surface area contributed by atoms with E-state index in [1.807, 2.05) is 0 Å². The van der Waals surface area contributed by atoms with Crippen molar-refractivity contribution in [2.24, 2.45) is 0 Å². The fourth-order valence-corrected chi connectivity index (χ4v) is 1.92. The monoisotopic (exact) mass is 242 g/mol. The van der Waals surface area contributed by atoms with Crippen LogP contribution in [0.2, 0.25) is 0 Å². The van der Waals surface area contributed by atoms with Crippen molar-refractivity contribution in [3.63, 3.8) is 0 Å². The normalized spacial score (nSPS) is 32.9. The molecule has 4 atom stereocenters. The summed E-state index contributed by atoms with van der Waals surface area (Å²) in [5, 5.41) is 19.5. The standard InChI is InChI=1S/C10H14N2O5/c1-2-5-7(14)8(15)9(17-5)12-4-3-6(13)11-10(12)16/h3-5,7-9,14-15H,2H2,1H3,(H,11,13,16)/t5-,7?,8+,9-/m1/s1. The molecule has 2 heterocycles. The molecule has 1 aromatic heterocycles. The minimum Gasteiger partial charge on any atom is -0.388 e. The average molecular weight is 242 g/mol. The van der Waals surface area contributed by atoms with Crippen LogP contribution in [-0.2, 0) is 4.74 Å². The van der Waals surface area contributed by atoms with Gasteiger partial charge in [-0.3, -0.25) is 14.3 Å². The largest absolute Gasteiger partial charge is 0.388 e. The number of aliphatic hydroxyl groups excluding tert-OH is 2. The summed E-state index contributed by atoms with van der Waals surface area (Å²) in [5.41, 5.74) is -1.20. The topological polar surface area (TPSA) is 105 Å². The van der Waals surface area contributed by atoms with Crippen molar-refractivity contribution in [1.29, 1.82) is 0 Å². The predicted octanol–water partition coefficient (Wildman–Crippen LogP) is -1.43. The third-order valence-electron chi connectivity index (χ3n) is 2.86. The number of hydrogen-bond acceptors (Lipinski definition) is 5. The van der Waals surface area contributed by atoms with Gasteiger partial charge in [-0.05, 0) is 6.42 Å². The number of rotatable bonds is 2. The molecular weight excluding hydrogens is 228 g/mol. The molecule has 0 aromatic carbocycles. The van der Waals surface area contributed by atoms with Crippen molar-refractivity contribution in [3.05, 3.63) is 33.1 Å². The van der Waals surface area contributed by atoms with Crippen molar-refractivity contribution in [3.8, 4) is 0 Å². The molecule has 7 nitrogen and oxygen atoms in total. The van der Waals surface area contributed by atoms with Crippen molar-refractivity contribution in [2.45, 2.75) is 37.9 Å². The molecule has 0 aliphatic carbocycles. The Morgan fingerprint density at radius 2 is 2.12 bits per heavy atom. The molecule has 1 saturated heterocycles. The van der Waals surface area contributed by atoms with Gasteiger partial charge >= 0.3 is 5.69 Å². The number of H-pyrrole nitrogens is 1. The van der Waals surface area contributed by atoms with Crippen LogP contribution >= 0.6 is 0 Å². The van der Waals surface area contributed by atoms with Gasteiger partial charge in [0.1, 0.15) is 12.2 Å². The lowest BCUT2D eigenvalue weighted by atomic mass is 10.1. The molecule has 3 N–H and O–H groups in total. The van der Waals surface area contributed by atoms with E-state index in [1.54, 1.807) is 6.92 Å². The Balaban J connectivity index is 2.35. The second-order valence-corrected chi connectivity index (χ2v) is 3.97. The van der Waals surface area contributed by atoms with E-state index in [0.717, 1.165) is 10.6 Å². The fourth-order valence-electron chi connectivity index (χ4n) is 1.92. The number of nitrogens with zero attached hydrogens (tertiary/aromatic N) is 1. The zero-order valence-corrected chi connectivity index (χ0v) is 9.24. The quantitative estimate of drug-likeness (QED) is 0.589. The molecule has 1 unspecified atom stereocenters. The van der Waals surface area contributed by atoms with Crippen LogP contribution in [0, 0.1) is 0 Å². The molecule has 94 valence electrons. The van der Waals surface area contributed by atoms with E-state index >= 15 is 0 Å². The Kier molecular flexibility index (Phi) is 3.14. The predicted molar refractivity (Wildman–Crippen MR) is 57.5 cm³/mol. The second-order valence-electron chi connectivity index (χ2n) is 3.97. The van der Waals surface area contributed by atoms with Gasteiger partial charge in [0, 0.05) is 12.3 Å². The molecule has 17 heavy (non-hydrogen) atoms. The zero-order valence-electron chi connectivity index (χ0n) is 9.24. The maximum Gasteiger partial charge on any atom is 0.330 e. The molecule has 1 aliphatic heterocycles. The smallest absolute Gasteiger partial charge is 0.330 e. The first kappa shape index (κ1) is 12.0. The van der Waals surface area contributed by atoms with Crippen molar-refractivity contribution >= 4 is 0 Å². The highest BCUT2D eigenvalue weighted by Gasteiger charge is 2.42. The van der Waals surface area contributed by atoms with Gasteiger partial charge in [-0.2, -0.15) is 0 Å². The van der Waals surface area contributed by atoms with Crippen LogP contribution in [0.1, 0.15) is 19.6 Å². The van der Waals surface area contributed by atoms with E-state index in [0.29, 0.717) is 6.42 Å². The van der Waals surface area contributed by atoms with E-state index in [4.69, 9.17) is 4.74 Å². The summed E-state index contributed by atoms with van der Waals surface area (Å²) in [4.78, 5) is 24.5. The minimum absolute atomic E-state index is 0.520. The van der Waals surface area contributed by atoms with Gasteiger partial charge in [-0.25, -0.2) is 4.79 Å². The van der Waals surface area contributed by atoms with Crippen LogP contribution in [0.4, 0.5) is 0 Å². The number of aromatic amines is 1. The molecule has 1 aliphatic rings. The number of aromatic nitrogens is 2. The third kappa shape index (κ3) is 2.04. The summed E-state index contributed by atoms with van der Waals surface area (Å²) < 4.78 is 6.44. The Bertz CT molecular complexity index is 508. The summed E-state index contributed by atoms with van der Waals surface area (Å²) in [6.45, 7) is 1.80. The highest BCUT2D eigenvalue weighted by molar-refractivity contribution is 4.92. The number of nitrogens with one attached hydrogen (secondary N) is 1. The zero-order chi connectivity index (χ0) is 12.6. The second kappa shape index (κ2) is 4.44. The summed E-state index contributed by atoms with van der Waals surface area (Å²) in [6.07, 6.45) is -1.97. The Labute approximate surface area is 96.3 Å². The van der Waals surface area contributed by atoms with Crippen molar-refractivity contribution in [1.82, 2.24) is 9.55 Å². The lowest BCUT2D eigenvalue weighted by Crippen LogP contribution is -2.37. The van der Waals surface area contributed by atoms with E-state index in [-0.39, 0.29) is 0 Å². The maximum atomic E-state index is 11.5. The lowest BCUT2D eigenvalue weighted by Gasteiger charge is -2.16. The molecule has 0 saturated carbocycles. The average Bonchev–Trinajstić information content (AvgIpc) is 2.57. The molecule has 1 fully saturated rings. The number of aliphatic hydroxyl groups is 2. The van der Waals surface area contributed by atoms with Gasteiger partial charge in [0.2, 0.25) is 0 Å². The Hall–Kier alpha value is -1.44. The molecule has 0 spiro atoms. The van der Waals surface area contributed by atoms with E-state index in [9.17, 15) is 19.8 Å². The summed E-state index contributed by atoms with van der Waals surface area (Å²) in [6, 6.07) is 1.16. The maximum absolute atomic E-state index is 11.5. The van der Waals surface area contributed by atoms with Crippen LogP contribution in [0.25, 0.3) is 0 Å². The molecule has 0 amide bonds. The van der Waals surface area contributed by atoms with Crippen molar-refractivity contribution < 1.29 is 14.9 Å². The highest BCUT2D eigenvalue weighted by Crippen LogP contribution is 2.29. The minimum atomic E-state index is -1.19. The molecule has 0 radical (unpaired) electrons. The molecule has 2 rings (SSSR count). The van der Waals surface area contributed by atoms with E-state index < -0.39 is 35.8 Å². The van der Waals surface area contributed by atoms with Gasteiger partial charge in [0.25, 0.3) is 5.56 Å². The van der Waals surface area contributed by atoms with Gasteiger partial charge in [0.05, 0.1) is 6.10 Å². The first-order valence-corrected chi connectivity index (χ1v) is 5.37. The van der Waals surface area contributed by atoms with Crippen molar-refractivity contribution in [2.75, 3.05) is 0 Å². The molecule has 1 aromatic rings. The first-order valence-electron chi connectivity index (χ1n) is 5.37. The summed E-state index contributed by atoms with van der Waals surface area (Å²) >= 11 is 0. The van der Waals surface area contributed by atoms with Gasteiger partial charge < -0.3 is 14.9 Å². The first-order chi connectivity index (χ1) is 8.04. The van der Waals surface area contributed by atoms with Crippen LogP contribution in [0.3, 0.4) is 0 Å². The van der Waals surface area contributed by atoms with Crippen LogP contribution < -0.4 is 11.2 Å².